The molecule has 0 fully saturated rings. The minimum Gasteiger partial charge on any atom is -0.468 e. The lowest BCUT2D eigenvalue weighted by atomic mass is 10.00. The number of rotatable bonds is 3. The van der Waals surface area contributed by atoms with E-state index >= 15 is 0 Å². The van der Waals surface area contributed by atoms with Gasteiger partial charge in [0.1, 0.15) is 5.92 Å². The van der Waals surface area contributed by atoms with Gasteiger partial charge >= 0.3 is 5.97 Å². The molecular weight excluding hydrogens is 356 g/mol. The summed E-state index contributed by atoms with van der Waals surface area (Å²) in [4.78, 5) is 18.1. The molecule has 1 unspecified atom stereocenters. The van der Waals surface area contributed by atoms with Crippen molar-refractivity contribution in [2.45, 2.75) is 19.3 Å². The van der Waals surface area contributed by atoms with Crippen molar-refractivity contribution >= 4 is 32.8 Å². The Morgan fingerprint density at radius 1 is 1.48 bits per heavy atom. The maximum atomic E-state index is 12.4. The molecule has 0 bridgehead atoms. The molecule has 0 radical (unpaired) electrons. The molecule has 0 saturated heterocycles. The van der Waals surface area contributed by atoms with Gasteiger partial charge in [-0.3, -0.25) is 9.69 Å². The molecule has 122 valence electrons. The minimum atomic E-state index is -0.276. The number of carbonyl (C=O) groups excluding carboxylic acids is 1. The predicted molar refractivity (Wildman–Crippen MR) is 95.9 cm³/mol. The van der Waals surface area contributed by atoms with Gasteiger partial charge in [-0.25, -0.2) is 0 Å². The van der Waals surface area contributed by atoms with Gasteiger partial charge in [0.05, 0.1) is 7.11 Å². The first kappa shape index (κ1) is 16.3. The van der Waals surface area contributed by atoms with E-state index in [1.54, 1.807) is 0 Å². The van der Waals surface area contributed by atoms with Crippen molar-refractivity contribution in [3.63, 3.8) is 0 Å². The van der Waals surface area contributed by atoms with Crippen LogP contribution in [0.4, 0.5) is 0 Å². The van der Waals surface area contributed by atoms with Gasteiger partial charge < -0.3 is 9.72 Å². The number of para-hydroxylation sites is 1. The van der Waals surface area contributed by atoms with Crippen LogP contribution in [0, 0.1) is 0 Å². The molecule has 1 aromatic carbocycles. The second-order valence-corrected chi connectivity index (χ2v) is 6.88. The molecule has 1 atom stereocenters. The van der Waals surface area contributed by atoms with Crippen LogP contribution in [-0.2, 0) is 16.0 Å². The normalized spacial score (nSPS) is 19.4. The maximum Gasteiger partial charge on any atom is 0.315 e. The average molecular weight is 377 g/mol. The van der Waals surface area contributed by atoms with Crippen LogP contribution < -0.4 is 0 Å². The number of nitrogens with one attached hydrogen (secondary N) is 1. The van der Waals surface area contributed by atoms with Gasteiger partial charge in [-0.05, 0) is 25.0 Å². The summed E-state index contributed by atoms with van der Waals surface area (Å²) in [7, 11) is 1.46. The van der Waals surface area contributed by atoms with E-state index in [-0.39, 0.29) is 11.9 Å². The molecule has 0 spiro atoms. The molecule has 4 nitrogen and oxygen atoms in total. The first-order valence-corrected chi connectivity index (χ1v) is 8.63. The molecule has 5 heteroatoms. The number of nitrogens with zero attached hydrogens (tertiary/aromatic N) is 1. The third kappa shape index (κ3) is 3.21. The number of aromatic nitrogens is 1. The zero-order valence-electron chi connectivity index (χ0n) is 13.4. The molecule has 1 aliphatic heterocycles. The Kier molecular flexibility index (Phi) is 4.87. The number of hydrogen-bond acceptors (Lipinski definition) is 3. The first-order valence-electron chi connectivity index (χ1n) is 7.84. The summed E-state index contributed by atoms with van der Waals surface area (Å²) in [5.41, 5.74) is 3.35. The fraction of sp³-hybridized carbons (Fsp3) is 0.389. The number of ether oxygens (including phenoxy) is 1. The van der Waals surface area contributed by atoms with E-state index in [1.807, 2.05) is 25.1 Å². The fourth-order valence-corrected chi connectivity index (χ4v) is 3.64. The second kappa shape index (κ2) is 6.89. The van der Waals surface area contributed by atoms with Crippen molar-refractivity contribution in [2.75, 3.05) is 26.7 Å². The highest BCUT2D eigenvalue weighted by molar-refractivity contribution is 9.11. The topological polar surface area (TPSA) is 45.3 Å². The van der Waals surface area contributed by atoms with Crippen LogP contribution in [0.1, 0.15) is 24.1 Å². The Morgan fingerprint density at radius 3 is 3.00 bits per heavy atom. The smallest absolute Gasteiger partial charge is 0.315 e. The number of carbonyl (C=O) groups is 1. The largest absolute Gasteiger partial charge is 0.468 e. The maximum absolute atomic E-state index is 12.4. The molecule has 1 N–H and O–H groups in total. The van der Waals surface area contributed by atoms with E-state index in [4.69, 9.17) is 4.74 Å². The summed E-state index contributed by atoms with van der Waals surface area (Å²) in [6, 6.07) is 8.24. The number of fused-ring (bicyclic) bond motifs is 3. The molecule has 1 aromatic heterocycles. The van der Waals surface area contributed by atoms with Gasteiger partial charge in [-0.15, -0.1) is 0 Å². The zero-order valence-corrected chi connectivity index (χ0v) is 15.0. The third-order valence-corrected chi connectivity index (χ3v) is 5.20. The number of esters is 1. The van der Waals surface area contributed by atoms with E-state index in [0.29, 0.717) is 6.54 Å². The van der Waals surface area contributed by atoms with Gasteiger partial charge in [0.15, 0.2) is 0 Å². The predicted octanol–water partition coefficient (Wildman–Crippen LogP) is 3.58. The van der Waals surface area contributed by atoms with Crippen LogP contribution in [0.5, 0.6) is 0 Å². The Morgan fingerprint density at radius 2 is 2.26 bits per heavy atom. The molecular formula is C18H21BrN2O2. The lowest BCUT2D eigenvalue weighted by Crippen LogP contribution is -2.33. The van der Waals surface area contributed by atoms with Crippen LogP contribution in [0.3, 0.4) is 0 Å². The van der Waals surface area contributed by atoms with Gasteiger partial charge in [0.25, 0.3) is 0 Å². The number of benzene rings is 1. The first-order chi connectivity index (χ1) is 11.1. The number of methoxy groups -OCH3 is 1. The van der Waals surface area contributed by atoms with Crippen LogP contribution in [0.25, 0.3) is 10.9 Å². The molecule has 2 heterocycles. The highest BCUT2D eigenvalue weighted by Crippen LogP contribution is 2.32. The molecule has 23 heavy (non-hydrogen) atoms. The summed E-state index contributed by atoms with van der Waals surface area (Å²) in [5.74, 6) is -0.455. The van der Waals surface area contributed by atoms with E-state index in [9.17, 15) is 4.79 Å². The number of H-pyrrole nitrogens is 1. The molecule has 0 aliphatic carbocycles. The van der Waals surface area contributed by atoms with E-state index in [2.05, 4.69) is 37.9 Å². The zero-order chi connectivity index (χ0) is 16.4. The molecule has 2 aromatic rings. The summed E-state index contributed by atoms with van der Waals surface area (Å²) in [6.07, 6.45) is 2.98. The monoisotopic (exact) mass is 376 g/mol. The Hall–Kier alpha value is -1.59. The molecule has 1 aliphatic rings. The van der Waals surface area contributed by atoms with Crippen molar-refractivity contribution in [1.82, 2.24) is 9.88 Å². The van der Waals surface area contributed by atoms with E-state index < -0.39 is 0 Å². The van der Waals surface area contributed by atoms with Crippen molar-refractivity contribution in [1.29, 1.82) is 0 Å². The fourth-order valence-electron chi connectivity index (χ4n) is 3.28. The van der Waals surface area contributed by atoms with Crippen molar-refractivity contribution in [3.8, 4) is 0 Å². The highest BCUT2D eigenvalue weighted by Gasteiger charge is 2.31. The lowest BCUT2D eigenvalue weighted by Gasteiger charge is -2.23. The van der Waals surface area contributed by atoms with Crippen LogP contribution >= 0.6 is 15.9 Å². The SMILES string of the molecule is C/C=C(\Br)CN1CCc2c([nH]c3ccccc23)C(C(=O)OC)C1. The van der Waals surface area contributed by atoms with E-state index in [1.165, 1.54) is 18.1 Å². The van der Waals surface area contributed by atoms with Gasteiger partial charge in [0.2, 0.25) is 0 Å². The third-order valence-electron chi connectivity index (χ3n) is 4.49. The Balaban J connectivity index is 2.01. The minimum absolute atomic E-state index is 0.179. The van der Waals surface area contributed by atoms with Crippen LogP contribution in [0.15, 0.2) is 34.8 Å². The number of halogens is 1. The standard InChI is InChI=1S/C18H21BrN2O2/c1-3-12(19)10-21-9-8-14-13-6-4-5-7-16(13)20-17(14)15(11-21)18(22)23-2/h3-7,15,20H,8-11H2,1-2H3/b12-3-. The Bertz CT molecular complexity index is 751. The summed E-state index contributed by atoms with van der Waals surface area (Å²) >= 11 is 3.57. The number of allylic oxidation sites excluding steroid dienone is 1. The van der Waals surface area contributed by atoms with Crippen molar-refractivity contribution < 1.29 is 9.53 Å². The second-order valence-electron chi connectivity index (χ2n) is 5.86. The van der Waals surface area contributed by atoms with Crippen molar-refractivity contribution in [3.05, 3.63) is 46.1 Å². The summed E-state index contributed by atoms with van der Waals surface area (Å²) < 4.78 is 6.20. The number of aromatic amines is 1. The summed E-state index contributed by atoms with van der Waals surface area (Å²) in [5, 5.41) is 1.21. The molecule has 3 rings (SSSR count). The number of hydrogen-bond donors (Lipinski definition) is 1. The molecule has 0 saturated carbocycles. The van der Waals surface area contributed by atoms with Crippen LogP contribution in [-0.4, -0.2) is 42.6 Å². The summed E-state index contributed by atoms with van der Waals surface area (Å²) in [6.45, 7) is 4.41. The van der Waals surface area contributed by atoms with E-state index in [0.717, 1.165) is 35.2 Å². The lowest BCUT2D eigenvalue weighted by molar-refractivity contribution is -0.142. The van der Waals surface area contributed by atoms with Gasteiger partial charge in [-0.1, -0.05) is 40.2 Å². The highest BCUT2D eigenvalue weighted by atomic mass is 79.9. The molecule has 0 amide bonds. The van der Waals surface area contributed by atoms with Gasteiger partial charge in [-0.2, -0.15) is 0 Å². The van der Waals surface area contributed by atoms with Crippen LogP contribution in [0.2, 0.25) is 0 Å². The van der Waals surface area contributed by atoms with Gasteiger partial charge in [0, 0.05) is 40.7 Å². The Labute approximate surface area is 144 Å². The average Bonchev–Trinajstić information content (AvgIpc) is 2.85. The quantitative estimate of drug-likeness (QED) is 0.832. The van der Waals surface area contributed by atoms with Crippen molar-refractivity contribution in [2.24, 2.45) is 0 Å².